The Morgan fingerprint density at radius 1 is 1.43 bits per heavy atom. The van der Waals surface area contributed by atoms with Crippen LogP contribution in [-0.2, 0) is 11.0 Å². The van der Waals surface area contributed by atoms with Gasteiger partial charge in [-0.25, -0.2) is 4.98 Å². The van der Waals surface area contributed by atoms with Crippen LogP contribution in [0.1, 0.15) is 36.9 Å². The van der Waals surface area contributed by atoms with Crippen molar-refractivity contribution in [2.45, 2.75) is 44.0 Å². The van der Waals surface area contributed by atoms with E-state index in [-0.39, 0.29) is 23.6 Å². The molecule has 1 aliphatic carbocycles. The number of ether oxygens (including phenoxy) is 1. The predicted octanol–water partition coefficient (Wildman–Crippen LogP) is 2.00. The molecule has 0 atom stereocenters. The predicted molar refractivity (Wildman–Crippen MR) is 94.0 cm³/mol. The van der Waals surface area contributed by atoms with Gasteiger partial charge in [-0.2, -0.15) is 23.5 Å². The first kappa shape index (κ1) is 21.1. The SMILES string of the molecule is CN/N=C(\C=N)C(=O)NC1CCC(Oc2cnc(C#N)c(C(F)(F)F)c2)CC1. The number of hydrogen-bond donors (Lipinski definition) is 3. The number of amides is 1. The first-order valence-electron chi connectivity index (χ1n) is 8.48. The highest BCUT2D eigenvalue weighted by Gasteiger charge is 2.35. The van der Waals surface area contributed by atoms with Gasteiger partial charge in [0.1, 0.15) is 11.8 Å². The maximum atomic E-state index is 13.0. The van der Waals surface area contributed by atoms with Gasteiger partial charge in [0, 0.05) is 13.1 Å². The van der Waals surface area contributed by atoms with Crippen LogP contribution in [0.15, 0.2) is 17.4 Å². The number of alkyl halides is 3. The zero-order chi connectivity index (χ0) is 20.7. The highest BCUT2D eigenvalue weighted by atomic mass is 19.4. The number of nitrogens with zero attached hydrogens (tertiary/aromatic N) is 3. The standard InChI is InChI=1S/C17H19F3N6O2/c1-23-26-15(8-22)16(27)25-10-2-4-11(5-3-10)28-12-6-13(17(18,19)20)14(7-21)24-9-12/h6,8-11,22-23H,2-5H2,1H3,(H,25,27)/b22-8?,26-15+. The van der Waals surface area contributed by atoms with Crippen LogP contribution in [0.25, 0.3) is 0 Å². The first-order chi connectivity index (χ1) is 13.3. The van der Waals surface area contributed by atoms with E-state index in [0.717, 1.165) is 18.5 Å². The molecule has 1 fully saturated rings. The van der Waals surface area contributed by atoms with Crippen molar-refractivity contribution in [1.82, 2.24) is 15.7 Å². The number of carbonyl (C=O) groups excluding carboxylic acids is 1. The van der Waals surface area contributed by atoms with Crippen molar-refractivity contribution in [3.05, 3.63) is 23.5 Å². The van der Waals surface area contributed by atoms with Crippen LogP contribution in [0.5, 0.6) is 5.75 Å². The van der Waals surface area contributed by atoms with E-state index in [1.165, 1.54) is 13.1 Å². The van der Waals surface area contributed by atoms with Gasteiger partial charge in [0.15, 0.2) is 11.4 Å². The number of hydrazone groups is 1. The maximum absolute atomic E-state index is 13.0. The van der Waals surface area contributed by atoms with Gasteiger partial charge in [0.25, 0.3) is 5.91 Å². The van der Waals surface area contributed by atoms with Crippen molar-refractivity contribution in [3.8, 4) is 11.8 Å². The summed E-state index contributed by atoms with van der Waals surface area (Å²) in [5.41, 5.74) is 0.567. The third kappa shape index (κ3) is 5.42. The molecule has 1 aliphatic rings. The zero-order valence-electron chi connectivity index (χ0n) is 15.0. The van der Waals surface area contributed by atoms with Crippen molar-refractivity contribution in [1.29, 1.82) is 10.7 Å². The second-order valence-electron chi connectivity index (χ2n) is 6.11. The Kier molecular flexibility index (Phi) is 6.92. The molecule has 0 bridgehead atoms. The van der Waals surface area contributed by atoms with Gasteiger partial charge in [-0.15, -0.1) is 0 Å². The largest absolute Gasteiger partial charge is 0.489 e. The van der Waals surface area contributed by atoms with Crippen LogP contribution < -0.4 is 15.5 Å². The molecule has 1 saturated carbocycles. The molecule has 2 rings (SSSR count). The fourth-order valence-electron chi connectivity index (χ4n) is 2.86. The van der Waals surface area contributed by atoms with E-state index in [1.54, 1.807) is 0 Å². The molecule has 0 saturated heterocycles. The van der Waals surface area contributed by atoms with Crippen molar-refractivity contribution >= 4 is 17.8 Å². The van der Waals surface area contributed by atoms with E-state index in [9.17, 15) is 18.0 Å². The summed E-state index contributed by atoms with van der Waals surface area (Å²) in [6.45, 7) is 0. The summed E-state index contributed by atoms with van der Waals surface area (Å²) in [6, 6.07) is 2.06. The molecule has 0 aliphatic heterocycles. The molecule has 0 spiro atoms. The maximum Gasteiger partial charge on any atom is 0.419 e. The van der Waals surface area contributed by atoms with E-state index in [4.69, 9.17) is 15.4 Å². The van der Waals surface area contributed by atoms with Gasteiger partial charge in [-0.1, -0.05) is 0 Å². The Hall–Kier alpha value is -3.16. The fourth-order valence-corrected chi connectivity index (χ4v) is 2.86. The third-order valence-electron chi connectivity index (χ3n) is 4.19. The molecule has 150 valence electrons. The molecule has 1 heterocycles. The van der Waals surface area contributed by atoms with Gasteiger partial charge in [-0.05, 0) is 31.7 Å². The van der Waals surface area contributed by atoms with E-state index < -0.39 is 23.3 Å². The zero-order valence-corrected chi connectivity index (χ0v) is 15.0. The molecule has 1 aromatic rings. The summed E-state index contributed by atoms with van der Waals surface area (Å²) < 4.78 is 44.6. The third-order valence-corrected chi connectivity index (χ3v) is 4.19. The quantitative estimate of drug-likeness (QED) is 0.501. The number of nitriles is 1. The molecular formula is C17H19F3N6O2. The number of nitrogens with one attached hydrogen (secondary N) is 3. The minimum atomic E-state index is -4.69. The molecular weight excluding hydrogens is 377 g/mol. The summed E-state index contributed by atoms with van der Waals surface area (Å²) in [4.78, 5) is 15.5. The van der Waals surface area contributed by atoms with Gasteiger partial charge in [0.05, 0.1) is 24.1 Å². The van der Waals surface area contributed by atoms with Crippen LogP contribution in [0, 0.1) is 16.7 Å². The first-order valence-corrected chi connectivity index (χ1v) is 8.48. The van der Waals surface area contributed by atoms with Crippen LogP contribution in [0.4, 0.5) is 13.2 Å². The van der Waals surface area contributed by atoms with Gasteiger partial charge in [0.2, 0.25) is 0 Å². The number of rotatable bonds is 6. The fraction of sp³-hybridized carbons (Fsp3) is 0.471. The van der Waals surface area contributed by atoms with Gasteiger partial charge < -0.3 is 20.9 Å². The molecule has 0 radical (unpaired) electrons. The summed E-state index contributed by atoms with van der Waals surface area (Å²) >= 11 is 0. The monoisotopic (exact) mass is 396 g/mol. The molecule has 8 nitrogen and oxygen atoms in total. The summed E-state index contributed by atoms with van der Waals surface area (Å²) in [5.74, 6) is -0.522. The summed E-state index contributed by atoms with van der Waals surface area (Å²) in [6.07, 6.45) is -0.889. The normalized spacial score (nSPS) is 20.0. The van der Waals surface area contributed by atoms with Crippen molar-refractivity contribution in [2.24, 2.45) is 5.10 Å². The Labute approximate surface area is 159 Å². The Bertz CT molecular complexity index is 795. The lowest BCUT2D eigenvalue weighted by atomic mass is 9.92. The van der Waals surface area contributed by atoms with Gasteiger partial charge >= 0.3 is 6.18 Å². The van der Waals surface area contributed by atoms with E-state index >= 15 is 0 Å². The van der Waals surface area contributed by atoms with E-state index in [1.807, 2.05) is 0 Å². The minimum Gasteiger partial charge on any atom is -0.489 e. The second-order valence-corrected chi connectivity index (χ2v) is 6.11. The van der Waals surface area contributed by atoms with Crippen LogP contribution in [0.3, 0.4) is 0 Å². The number of halogens is 3. The lowest BCUT2D eigenvalue weighted by Crippen LogP contribution is -2.43. The Morgan fingerprint density at radius 2 is 2.11 bits per heavy atom. The lowest BCUT2D eigenvalue weighted by Gasteiger charge is -2.29. The molecule has 1 amide bonds. The summed E-state index contributed by atoms with van der Waals surface area (Å²) in [5, 5.41) is 22.4. The van der Waals surface area contributed by atoms with Crippen molar-refractivity contribution in [3.63, 3.8) is 0 Å². The topological polar surface area (TPSA) is 123 Å². The lowest BCUT2D eigenvalue weighted by molar-refractivity contribution is -0.138. The molecule has 11 heteroatoms. The highest BCUT2D eigenvalue weighted by molar-refractivity contribution is 6.60. The van der Waals surface area contributed by atoms with Gasteiger partial charge in [-0.3, -0.25) is 4.79 Å². The van der Waals surface area contributed by atoms with Crippen LogP contribution >= 0.6 is 0 Å². The number of pyridine rings is 1. The van der Waals surface area contributed by atoms with Crippen LogP contribution in [-0.4, -0.2) is 42.0 Å². The number of aromatic nitrogens is 1. The molecule has 3 N–H and O–H groups in total. The summed E-state index contributed by atoms with van der Waals surface area (Å²) in [7, 11) is 1.52. The smallest absolute Gasteiger partial charge is 0.419 e. The molecule has 28 heavy (non-hydrogen) atoms. The number of hydrogen-bond acceptors (Lipinski definition) is 7. The minimum absolute atomic E-state index is 0.0499. The van der Waals surface area contributed by atoms with Crippen LogP contribution in [0.2, 0.25) is 0 Å². The molecule has 0 unspecified atom stereocenters. The Balaban J connectivity index is 1.94. The Morgan fingerprint density at radius 3 is 2.64 bits per heavy atom. The van der Waals surface area contributed by atoms with E-state index in [2.05, 4.69) is 20.8 Å². The molecule has 1 aromatic heterocycles. The average molecular weight is 396 g/mol. The highest BCUT2D eigenvalue weighted by Crippen LogP contribution is 2.34. The number of carbonyl (C=O) groups is 1. The molecule has 0 aromatic carbocycles. The van der Waals surface area contributed by atoms with E-state index in [0.29, 0.717) is 25.7 Å². The van der Waals surface area contributed by atoms with Crippen molar-refractivity contribution < 1.29 is 22.7 Å². The van der Waals surface area contributed by atoms with Crippen molar-refractivity contribution in [2.75, 3.05) is 7.05 Å². The second kappa shape index (κ2) is 9.16. The average Bonchev–Trinajstić information content (AvgIpc) is 2.66.